The molecule has 5 aromatic rings. The molecule has 1 fully saturated rings. The Labute approximate surface area is 355 Å². The molecule has 0 aliphatic carbocycles. The van der Waals surface area contributed by atoms with Gasteiger partial charge in [-0.15, -0.1) is 0 Å². The Morgan fingerprint density at radius 2 is 1.43 bits per heavy atom. The third kappa shape index (κ3) is 11.2. The van der Waals surface area contributed by atoms with Crippen LogP contribution in [0.1, 0.15) is 53.6 Å². The molecule has 53 heavy (non-hydrogen) atoms. The summed E-state index contributed by atoms with van der Waals surface area (Å²) in [4.78, 5) is 29.9. The minimum Gasteiger partial charge on any atom is -0.550 e. The van der Waals surface area contributed by atoms with Gasteiger partial charge in [-0.1, -0.05) is 60.7 Å². The second-order valence-electron chi connectivity index (χ2n) is 13.2. The maximum atomic E-state index is 14.0. The fraction of sp³-hybridized carbons (Fsp3) is 0.349. The number of carboxylic acids is 1. The number of aryl methyl sites for hydroxylation is 2. The summed E-state index contributed by atoms with van der Waals surface area (Å²) in [6.45, 7) is 6.20. The van der Waals surface area contributed by atoms with Crippen LogP contribution in [0.25, 0.3) is 10.9 Å². The number of anilines is 1. The number of hydrogen-bond donors (Lipinski definition) is 0. The number of carbonyl (C=O) groups is 2. The van der Waals surface area contributed by atoms with Gasteiger partial charge in [0.05, 0.1) is 26.0 Å². The second-order valence-corrected chi connectivity index (χ2v) is 13.2. The number of ketones is 1. The molecule has 1 aliphatic rings. The number of hydrogen-bond acceptors (Lipinski definition) is 8. The van der Waals surface area contributed by atoms with Gasteiger partial charge in [0.1, 0.15) is 5.75 Å². The predicted octanol–water partition coefficient (Wildman–Crippen LogP) is 3.41. The Hall–Kier alpha value is -3.64. The molecule has 4 aromatic carbocycles. The van der Waals surface area contributed by atoms with Crippen LogP contribution in [-0.2, 0) is 17.8 Å². The first-order valence-corrected chi connectivity index (χ1v) is 18.4. The average Bonchev–Trinajstić information content (AvgIpc) is 3.55. The van der Waals surface area contributed by atoms with Crippen LogP contribution >= 0.6 is 0 Å². The van der Waals surface area contributed by atoms with Crippen molar-refractivity contribution in [1.29, 1.82) is 0 Å². The number of carboxylic acid groups (broad SMARTS) is 1. The number of methoxy groups -OCH3 is 1. The molecule has 0 unspecified atom stereocenters. The molecule has 10 heteroatoms. The van der Waals surface area contributed by atoms with Gasteiger partial charge in [-0.2, -0.15) is 0 Å². The van der Waals surface area contributed by atoms with Crippen molar-refractivity contribution in [3.63, 3.8) is 0 Å². The third-order valence-electron chi connectivity index (χ3n) is 9.65. The average molecular weight is 742 g/mol. The van der Waals surface area contributed by atoms with Crippen LogP contribution < -0.4 is 75.6 Å². The van der Waals surface area contributed by atoms with Crippen molar-refractivity contribution >= 4 is 28.3 Å². The maximum Gasteiger partial charge on any atom is 1.00 e. The maximum absolute atomic E-state index is 14.0. The summed E-state index contributed by atoms with van der Waals surface area (Å²) in [5.74, 6) is 0.894. The molecular formula is C43H48KN3O6. The number of unbranched alkanes of at least 4 members (excludes halogenated alkanes) is 1. The van der Waals surface area contributed by atoms with E-state index < -0.39 is 5.97 Å². The molecule has 0 atom stereocenters. The summed E-state index contributed by atoms with van der Waals surface area (Å²) >= 11 is 0. The number of benzene rings is 4. The molecule has 0 N–H and O–H groups in total. The molecule has 0 saturated carbocycles. The van der Waals surface area contributed by atoms with Crippen molar-refractivity contribution in [3.8, 4) is 17.2 Å². The van der Waals surface area contributed by atoms with Crippen LogP contribution in [0, 0.1) is 0 Å². The van der Waals surface area contributed by atoms with Gasteiger partial charge in [0, 0.05) is 73.5 Å². The van der Waals surface area contributed by atoms with Gasteiger partial charge in [0.25, 0.3) is 0 Å². The van der Waals surface area contributed by atoms with E-state index in [-0.39, 0.29) is 63.6 Å². The summed E-state index contributed by atoms with van der Waals surface area (Å²) in [5.41, 5.74) is 4.42. The molecule has 1 saturated heterocycles. The van der Waals surface area contributed by atoms with Crippen molar-refractivity contribution in [1.82, 2.24) is 9.47 Å². The standard InChI is InChI=1S/C43H49N3O6.K/c1-50-39-19-8-7-18-38(39)45-27-25-44(26-28-45)23-12-30-52-41-31-34(21-22-40(41)51-29-10-9-15-33-13-3-2-4-14-33)43(49)36-32-46(24-11-20-42(47)48)37-17-6-5-16-35(36)37;/h2-8,13-14,16-19,21-22,31-32H,9-12,15,20,23-30H2,1H3,(H,47,48);/q;+1/p-1. The van der Waals surface area contributed by atoms with E-state index in [1.807, 2.05) is 65.4 Å². The van der Waals surface area contributed by atoms with Gasteiger partial charge in [0.15, 0.2) is 17.3 Å². The number of ether oxygens (including phenoxy) is 3. The van der Waals surface area contributed by atoms with Crippen LogP contribution in [0.15, 0.2) is 103 Å². The zero-order chi connectivity index (χ0) is 36.1. The van der Waals surface area contributed by atoms with E-state index in [0.29, 0.717) is 48.8 Å². The Bertz CT molecular complexity index is 1920. The van der Waals surface area contributed by atoms with Crippen LogP contribution in [0.3, 0.4) is 0 Å². The van der Waals surface area contributed by atoms with E-state index in [2.05, 4.69) is 40.1 Å². The summed E-state index contributed by atoms with van der Waals surface area (Å²) in [5, 5.41) is 11.8. The van der Waals surface area contributed by atoms with Gasteiger partial charge < -0.3 is 33.6 Å². The van der Waals surface area contributed by atoms with E-state index in [9.17, 15) is 14.7 Å². The van der Waals surface area contributed by atoms with E-state index in [0.717, 1.165) is 80.7 Å². The first kappa shape index (κ1) is 40.5. The zero-order valence-corrected chi connectivity index (χ0v) is 34.1. The molecule has 1 aromatic heterocycles. The summed E-state index contributed by atoms with van der Waals surface area (Å²) in [6, 6.07) is 31.8. The molecule has 9 nitrogen and oxygen atoms in total. The number of carbonyl (C=O) groups excluding carboxylic acids is 2. The molecule has 0 spiro atoms. The Kier molecular flexibility index (Phi) is 15.8. The van der Waals surface area contributed by atoms with Crippen molar-refractivity contribution in [2.24, 2.45) is 0 Å². The predicted molar refractivity (Wildman–Crippen MR) is 203 cm³/mol. The normalized spacial score (nSPS) is 13.0. The zero-order valence-electron chi connectivity index (χ0n) is 31.0. The van der Waals surface area contributed by atoms with Gasteiger partial charge in [-0.25, -0.2) is 0 Å². The van der Waals surface area contributed by atoms with Gasteiger partial charge >= 0.3 is 51.4 Å². The quantitative estimate of drug-likeness (QED) is 0.0723. The first-order chi connectivity index (χ1) is 25.5. The first-order valence-electron chi connectivity index (χ1n) is 18.4. The Morgan fingerprint density at radius 3 is 2.23 bits per heavy atom. The van der Waals surface area contributed by atoms with Crippen LogP contribution in [-0.4, -0.2) is 74.3 Å². The number of piperazine rings is 1. The fourth-order valence-corrected chi connectivity index (χ4v) is 6.87. The fourth-order valence-electron chi connectivity index (χ4n) is 6.87. The topological polar surface area (TPSA) is 96.3 Å². The number of aliphatic carboxylic acids is 1. The monoisotopic (exact) mass is 741 g/mol. The Morgan fingerprint density at radius 1 is 0.717 bits per heavy atom. The van der Waals surface area contributed by atoms with E-state index in [1.54, 1.807) is 19.2 Å². The van der Waals surface area contributed by atoms with Gasteiger partial charge in [-0.3, -0.25) is 9.69 Å². The van der Waals surface area contributed by atoms with E-state index >= 15 is 0 Å². The Balaban J connectivity index is 0.00000541. The van der Waals surface area contributed by atoms with Gasteiger partial charge in [-0.05, 0) is 80.5 Å². The van der Waals surface area contributed by atoms with Crippen LogP contribution in [0.2, 0.25) is 0 Å². The number of nitrogens with zero attached hydrogens (tertiary/aromatic N) is 3. The molecule has 272 valence electrons. The summed E-state index contributed by atoms with van der Waals surface area (Å²) in [7, 11) is 1.72. The largest absolute Gasteiger partial charge is 1.00 e. The van der Waals surface area contributed by atoms with Crippen molar-refractivity contribution in [3.05, 3.63) is 120 Å². The van der Waals surface area contributed by atoms with Crippen LogP contribution in [0.4, 0.5) is 5.69 Å². The van der Waals surface area contributed by atoms with Crippen molar-refractivity contribution < 1.29 is 80.3 Å². The molecule has 1 aliphatic heterocycles. The van der Waals surface area contributed by atoms with E-state index in [4.69, 9.17) is 14.2 Å². The van der Waals surface area contributed by atoms with Crippen LogP contribution in [0.5, 0.6) is 17.2 Å². The van der Waals surface area contributed by atoms with Crippen molar-refractivity contribution in [2.75, 3.05) is 57.9 Å². The number of para-hydroxylation sites is 3. The SMILES string of the molecule is COc1ccccc1N1CCN(CCCOc2cc(C(=O)c3cn(CCCC(=O)[O-])c4ccccc34)ccc2OCCCCc2ccccc2)CC1.[K+]. The molecule has 0 radical (unpaired) electrons. The van der Waals surface area contributed by atoms with E-state index in [1.165, 1.54) is 5.56 Å². The second kappa shape index (κ2) is 20.7. The minimum absolute atomic E-state index is 0. The minimum atomic E-state index is -1.08. The number of rotatable bonds is 19. The molecule has 2 heterocycles. The number of fused-ring (bicyclic) bond motifs is 1. The molecule has 6 rings (SSSR count). The number of aromatic nitrogens is 1. The molecule has 0 amide bonds. The van der Waals surface area contributed by atoms with Crippen molar-refractivity contribution in [2.45, 2.75) is 45.1 Å². The van der Waals surface area contributed by atoms with Gasteiger partial charge in [0.2, 0.25) is 0 Å². The molecular weight excluding hydrogens is 694 g/mol. The third-order valence-corrected chi connectivity index (χ3v) is 9.65. The molecule has 0 bridgehead atoms. The smallest absolute Gasteiger partial charge is 0.550 e. The summed E-state index contributed by atoms with van der Waals surface area (Å²) < 4.78 is 20.2. The summed E-state index contributed by atoms with van der Waals surface area (Å²) in [6.07, 6.45) is 5.94.